The van der Waals surface area contributed by atoms with E-state index in [-0.39, 0.29) is 5.41 Å². The zero-order valence-corrected chi connectivity index (χ0v) is 13.3. The molecule has 1 aromatic rings. The first-order valence-corrected chi connectivity index (χ1v) is 8.03. The molecule has 3 heteroatoms. The Hall–Kier alpha value is -0.900. The van der Waals surface area contributed by atoms with E-state index in [1.807, 2.05) is 0 Å². The first-order chi connectivity index (χ1) is 10.1. The Bertz CT molecular complexity index is 460. The highest BCUT2D eigenvalue weighted by molar-refractivity contribution is 5.17. The minimum Gasteiger partial charge on any atom is -0.383 e. The number of benzene rings is 1. The Morgan fingerprint density at radius 1 is 1.33 bits per heavy atom. The number of hydrogen-bond acceptors (Lipinski definition) is 3. The normalized spacial score (nSPS) is 31.5. The summed E-state index contributed by atoms with van der Waals surface area (Å²) in [4.78, 5) is 0. The van der Waals surface area contributed by atoms with Crippen molar-refractivity contribution in [3.05, 3.63) is 35.9 Å². The molecule has 1 aromatic carbocycles. The van der Waals surface area contributed by atoms with Gasteiger partial charge in [0.15, 0.2) is 0 Å². The summed E-state index contributed by atoms with van der Waals surface area (Å²) in [7, 11) is 1.78. The third-order valence-electron chi connectivity index (χ3n) is 5.21. The van der Waals surface area contributed by atoms with Crippen molar-refractivity contribution in [3.8, 4) is 0 Å². The van der Waals surface area contributed by atoms with Gasteiger partial charge in [0, 0.05) is 37.1 Å². The first kappa shape index (κ1) is 15.0. The Kier molecular flexibility index (Phi) is 4.34. The lowest BCUT2D eigenvalue weighted by Crippen LogP contribution is -2.67. The van der Waals surface area contributed by atoms with Gasteiger partial charge in [-0.2, -0.15) is 0 Å². The second kappa shape index (κ2) is 6.07. The molecule has 1 aliphatic carbocycles. The zero-order chi connectivity index (χ0) is 14.9. The van der Waals surface area contributed by atoms with Crippen LogP contribution in [0.1, 0.15) is 25.8 Å². The third-order valence-corrected chi connectivity index (χ3v) is 5.21. The van der Waals surface area contributed by atoms with Gasteiger partial charge in [0.2, 0.25) is 0 Å². The summed E-state index contributed by atoms with van der Waals surface area (Å²) in [5, 5.41) is 3.86. The summed E-state index contributed by atoms with van der Waals surface area (Å²) in [5.41, 5.74) is 1.59. The molecule has 2 fully saturated rings. The van der Waals surface area contributed by atoms with Gasteiger partial charge in [0.25, 0.3) is 0 Å². The average molecular weight is 289 g/mol. The van der Waals surface area contributed by atoms with Crippen LogP contribution in [0.4, 0.5) is 0 Å². The molecule has 1 aliphatic heterocycles. The Morgan fingerprint density at radius 2 is 2.10 bits per heavy atom. The van der Waals surface area contributed by atoms with E-state index in [0.717, 1.165) is 19.6 Å². The third kappa shape index (κ3) is 2.87. The summed E-state index contributed by atoms with van der Waals surface area (Å²) in [5.74, 6) is 0.676. The molecule has 1 N–H and O–H groups in total. The lowest BCUT2D eigenvalue weighted by molar-refractivity contribution is -0.117. The molecular formula is C18H27NO2. The molecule has 0 radical (unpaired) electrons. The second-order valence-corrected chi connectivity index (χ2v) is 7.05. The Labute approximate surface area is 128 Å². The summed E-state index contributed by atoms with van der Waals surface area (Å²) in [6.45, 7) is 6.32. The van der Waals surface area contributed by atoms with E-state index >= 15 is 0 Å². The molecule has 3 nitrogen and oxygen atoms in total. The van der Waals surface area contributed by atoms with Gasteiger partial charge in [-0.3, -0.25) is 0 Å². The molecule has 0 unspecified atom stereocenters. The second-order valence-electron chi connectivity index (χ2n) is 7.05. The smallest absolute Gasteiger partial charge is 0.0685 e. The molecule has 3 rings (SSSR count). The van der Waals surface area contributed by atoms with E-state index in [4.69, 9.17) is 9.47 Å². The number of methoxy groups -OCH3 is 1. The highest BCUT2D eigenvalue weighted by atomic mass is 16.5. The fourth-order valence-electron chi connectivity index (χ4n) is 4.18. The number of ether oxygens (including phenoxy) is 2. The molecule has 1 heterocycles. The van der Waals surface area contributed by atoms with Crippen LogP contribution in [-0.2, 0) is 15.9 Å². The van der Waals surface area contributed by atoms with Crippen LogP contribution in [-0.4, -0.2) is 38.5 Å². The van der Waals surface area contributed by atoms with E-state index in [1.54, 1.807) is 7.11 Å². The van der Waals surface area contributed by atoms with Gasteiger partial charge in [0.05, 0.1) is 12.7 Å². The lowest BCUT2D eigenvalue weighted by atomic mass is 9.57. The van der Waals surface area contributed by atoms with Crippen LogP contribution >= 0.6 is 0 Å². The molecule has 0 amide bonds. The van der Waals surface area contributed by atoms with Crippen molar-refractivity contribution in [2.24, 2.45) is 11.3 Å². The summed E-state index contributed by atoms with van der Waals surface area (Å²) < 4.78 is 11.3. The maximum Gasteiger partial charge on any atom is 0.0685 e. The maximum absolute atomic E-state index is 5.89. The molecule has 21 heavy (non-hydrogen) atoms. The fraction of sp³-hybridized carbons (Fsp3) is 0.667. The molecule has 116 valence electrons. The minimum absolute atomic E-state index is 0.226. The van der Waals surface area contributed by atoms with Crippen molar-refractivity contribution >= 4 is 0 Å². The summed E-state index contributed by atoms with van der Waals surface area (Å²) in [6.07, 6.45) is 2.64. The largest absolute Gasteiger partial charge is 0.383 e. The van der Waals surface area contributed by atoms with Crippen molar-refractivity contribution in [1.29, 1.82) is 0 Å². The SMILES string of the molecule is COC[C@H](Cc1ccccc1)N[C@@H]1[C@H]2CCO[C@@H]2C1(C)C. The van der Waals surface area contributed by atoms with E-state index in [2.05, 4.69) is 49.5 Å². The van der Waals surface area contributed by atoms with Gasteiger partial charge < -0.3 is 14.8 Å². The lowest BCUT2D eigenvalue weighted by Gasteiger charge is -2.55. The van der Waals surface area contributed by atoms with Crippen LogP contribution in [0.5, 0.6) is 0 Å². The Morgan fingerprint density at radius 3 is 2.81 bits per heavy atom. The van der Waals surface area contributed by atoms with Crippen molar-refractivity contribution in [3.63, 3.8) is 0 Å². The molecule has 1 saturated heterocycles. The summed E-state index contributed by atoms with van der Waals surface area (Å²) >= 11 is 0. The molecule has 0 spiro atoms. The Balaban J connectivity index is 1.65. The standard InChI is InChI=1S/C18H27NO2/c1-18(2)16(15-9-10-21-17(15)18)19-14(12-20-3)11-13-7-5-4-6-8-13/h4-8,14-17,19H,9-12H2,1-3H3/t14-,15+,16+,17-/m0/s1. The van der Waals surface area contributed by atoms with Gasteiger partial charge in [-0.15, -0.1) is 0 Å². The number of nitrogens with one attached hydrogen (secondary N) is 1. The van der Waals surface area contributed by atoms with E-state index in [9.17, 15) is 0 Å². The predicted molar refractivity (Wildman–Crippen MR) is 84.4 cm³/mol. The van der Waals surface area contributed by atoms with Gasteiger partial charge in [-0.25, -0.2) is 0 Å². The van der Waals surface area contributed by atoms with Gasteiger partial charge in [-0.1, -0.05) is 44.2 Å². The van der Waals surface area contributed by atoms with Crippen LogP contribution in [0, 0.1) is 11.3 Å². The average Bonchev–Trinajstić information content (AvgIpc) is 2.93. The van der Waals surface area contributed by atoms with Crippen molar-refractivity contribution in [2.75, 3.05) is 20.3 Å². The highest BCUT2D eigenvalue weighted by Crippen LogP contribution is 2.52. The summed E-state index contributed by atoms with van der Waals surface area (Å²) in [6, 6.07) is 11.6. The minimum atomic E-state index is 0.226. The van der Waals surface area contributed by atoms with Crippen molar-refractivity contribution in [2.45, 2.75) is 44.9 Å². The highest BCUT2D eigenvalue weighted by Gasteiger charge is 2.59. The molecule has 1 saturated carbocycles. The molecule has 4 atom stereocenters. The van der Waals surface area contributed by atoms with Gasteiger partial charge >= 0.3 is 0 Å². The predicted octanol–water partition coefficient (Wildman–Crippen LogP) is 2.65. The first-order valence-electron chi connectivity index (χ1n) is 8.03. The number of fused-ring (bicyclic) bond motifs is 1. The van der Waals surface area contributed by atoms with Crippen LogP contribution in [0.15, 0.2) is 30.3 Å². The number of hydrogen-bond donors (Lipinski definition) is 1. The van der Waals surface area contributed by atoms with E-state index < -0.39 is 0 Å². The molecule has 0 aromatic heterocycles. The molecule has 2 aliphatic rings. The van der Waals surface area contributed by atoms with E-state index in [1.165, 1.54) is 12.0 Å². The topological polar surface area (TPSA) is 30.5 Å². The monoisotopic (exact) mass is 289 g/mol. The van der Waals surface area contributed by atoms with Crippen LogP contribution < -0.4 is 5.32 Å². The van der Waals surface area contributed by atoms with Gasteiger partial charge in [0.1, 0.15) is 0 Å². The van der Waals surface area contributed by atoms with Gasteiger partial charge in [-0.05, 0) is 18.4 Å². The van der Waals surface area contributed by atoms with Crippen molar-refractivity contribution < 1.29 is 9.47 Å². The molecular weight excluding hydrogens is 262 g/mol. The van der Waals surface area contributed by atoms with Crippen molar-refractivity contribution in [1.82, 2.24) is 5.32 Å². The maximum atomic E-state index is 5.89. The molecule has 0 bridgehead atoms. The van der Waals surface area contributed by atoms with Crippen LogP contribution in [0.25, 0.3) is 0 Å². The quantitative estimate of drug-likeness (QED) is 0.873. The zero-order valence-electron chi connectivity index (χ0n) is 13.3. The number of rotatable bonds is 6. The van der Waals surface area contributed by atoms with E-state index in [0.29, 0.717) is 24.1 Å². The van der Waals surface area contributed by atoms with Crippen LogP contribution in [0.2, 0.25) is 0 Å². The fourth-order valence-corrected chi connectivity index (χ4v) is 4.18. The van der Waals surface area contributed by atoms with Crippen LogP contribution in [0.3, 0.4) is 0 Å².